The monoisotopic (exact) mass is 314 g/mol. The van der Waals surface area contributed by atoms with Crippen LogP contribution in [0.2, 0.25) is 5.02 Å². The predicted molar refractivity (Wildman–Crippen MR) is 83.0 cm³/mol. The lowest BCUT2D eigenvalue weighted by molar-refractivity contribution is -0.00461. The highest BCUT2D eigenvalue weighted by molar-refractivity contribution is 6.32. The molecule has 2 N–H and O–H groups in total. The van der Waals surface area contributed by atoms with E-state index >= 15 is 0 Å². The lowest BCUT2D eigenvalue weighted by Crippen LogP contribution is -2.33. The van der Waals surface area contributed by atoms with Crippen molar-refractivity contribution in [1.82, 2.24) is 4.90 Å². The van der Waals surface area contributed by atoms with Crippen molar-refractivity contribution in [3.63, 3.8) is 0 Å². The summed E-state index contributed by atoms with van der Waals surface area (Å²) < 4.78 is 16.2. The number of nitrogens with zero attached hydrogens (tertiary/aromatic N) is 1. The van der Waals surface area contributed by atoms with Crippen LogP contribution in [0.3, 0.4) is 0 Å². The van der Waals surface area contributed by atoms with Crippen LogP contribution >= 0.6 is 11.6 Å². The Labute approximate surface area is 130 Å². The summed E-state index contributed by atoms with van der Waals surface area (Å²) in [6.45, 7) is 2.09. The van der Waals surface area contributed by atoms with Crippen molar-refractivity contribution in [1.29, 1.82) is 0 Å². The summed E-state index contributed by atoms with van der Waals surface area (Å²) in [5, 5.41) is 0.597. The van der Waals surface area contributed by atoms with Gasteiger partial charge >= 0.3 is 0 Å². The van der Waals surface area contributed by atoms with Gasteiger partial charge in [-0.3, -0.25) is 4.90 Å². The first-order valence-corrected chi connectivity index (χ1v) is 7.35. The summed E-state index contributed by atoms with van der Waals surface area (Å²) in [6, 6.07) is 5.88. The summed E-state index contributed by atoms with van der Waals surface area (Å²) in [6.07, 6.45) is 0.135. The van der Waals surface area contributed by atoms with Gasteiger partial charge in [0.15, 0.2) is 0 Å². The summed E-state index contributed by atoms with van der Waals surface area (Å²) >= 11 is 6.22. The fraction of sp³-hybridized carbons (Fsp3) is 0.600. The van der Waals surface area contributed by atoms with Crippen molar-refractivity contribution in [2.75, 3.05) is 41.0 Å². The van der Waals surface area contributed by atoms with E-state index in [1.54, 1.807) is 21.3 Å². The maximum atomic E-state index is 6.22. The number of hydrogen-bond donors (Lipinski definition) is 1. The minimum absolute atomic E-state index is 0.0674. The van der Waals surface area contributed by atoms with Crippen LogP contribution in [0.15, 0.2) is 18.2 Å². The zero-order valence-corrected chi connectivity index (χ0v) is 13.5. The third-order valence-electron chi connectivity index (χ3n) is 4.07. The van der Waals surface area contributed by atoms with Gasteiger partial charge in [-0.2, -0.15) is 0 Å². The number of ether oxygens (including phenoxy) is 3. The first-order chi connectivity index (χ1) is 10.1. The second-order valence-electron chi connectivity index (χ2n) is 5.15. The number of benzene rings is 1. The lowest BCUT2D eigenvalue weighted by atomic mass is 10.1. The number of methoxy groups -OCH3 is 3. The third kappa shape index (κ3) is 3.49. The van der Waals surface area contributed by atoms with Crippen LogP contribution in [0.25, 0.3) is 0 Å². The second-order valence-corrected chi connectivity index (χ2v) is 5.55. The van der Waals surface area contributed by atoms with Crippen LogP contribution < -0.4 is 10.5 Å². The Hall–Kier alpha value is -0.850. The van der Waals surface area contributed by atoms with Gasteiger partial charge in [0.25, 0.3) is 0 Å². The zero-order valence-electron chi connectivity index (χ0n) is 12.7. The molecular formula is C15H23ClN2O3. The zero-order chi connectivity index (χ0) is 15.4. The molecular weight excluding hydrogens is 292 g/mol. The van der Waals surface area contributed by atoms with Gasteiger partial charge in [0, 0.05) is 39.9 Å². The molecule has 3 atom stereocenters. The molecule has 1 fully saturated rings. The van der Waals surface area contributed by atoms with E-state index in [1.165, 1.54) is 0 Å². The first-order valence-electron chi connectivity index (χ1n) is 6.97. The van der Waals surface area contributed by atoms with E-state index < -0.39 is 0 Å². The fourth-order valence-corrected chi connectivity index (χ4v) is 3.13. The smallest absolute Gasteiger partial charge is 0.137 e. The molecule has 21 heavy (non-hydrogen) atoms. The van der Waals surface area contributed by atoms with Gasteiger partial charge in [-0.25, -0.2) is 0 Å². The Morgan fingerprint density at radius 2 is 1.86 bits per heavy atom. The normalized spacial score (nSPS) is 24.2. The number of hydrogen-bond acceptors (Lipinski definition) is 5. The fourth-order valence-electron chi connectivity index (χ4n) is 2.86. The van der Waals surface area contributed by atoms with Crippen LogP contribution in [0.4, 0.5) is 0 Å². The van der Waals surface area contributed by atoms with Crippen LogP contribution in [-0.2, 0) is 9.47 Å². The molecule has 1 saturated heterocycles. The highest BCUT2D eigenvalue weighted by Gasteiger charge is 2.36. The van der Waals surface area contributed by atoms with Gasteiger partial charge < -0.3 is 19.9 Å². The molecule has 2 rings (SSSR count). The molecule has 0 spiro atoms. The van der Waals surface area contributed by atoms with Crippen LogP contribution in [0.5, 0.6) is 5.75 Å². The third-order valence-corrected chi connectivity index (χ3v) is 4.37. The van der Waals surface area contributed by atoms with E-state index in [2.05, 4.69) is 4.90 Å². The molecule has 0 aliphatic carbocycles. The van der Waals surface area contributed by atoms with Crippen LogP contribution in [0, 0.1) is 0 Å². The SMILES string of the molecule is COc1ccc(C(CN)N2CC(OC)C(OC)C2)cc1Cl. The van der Waals surface area contributed by atoms with Gasteiger partial charge in [0.2, 0.25) is 0 Å². The highest BCUT2D eigenvalue weighted by Crippen LogP contribution is 2.31. The van der Waals surface area contributed by atoms with Gasteiger partial charge in [-0.1, -0.05) is 17.7 Å². The quantitative estimate of drug-likeness (QED) is 0.866. The van der Waals surface area contributed by atoms with Crippen LogP contribution in [-0.4, -0.2) is 58.1 Å². The molecule has 3 unspecified atom stereocenters. The maximum Gasteiger partial charge on any atom is 0.137 e. The van der Waals surface area contributed by atoms with Crippen molar-refractivity contribution >= 4 is 11.6 Å². The topological polar surface area (TPSA) is 57.0 Å². The minimum Gasteiger partial charge on any atom is -0.495 e. The van der Waals surface area contributed by atoms with Gasteiger partial charge in [-0.05, 0) is 17.7 Å². The van der Waals surface area contributed by atoms with E-state index in [0.717, 1.165) is 18.7 Å². The summed E-state index contributed by atoms with van der Waals surface area (Å²) in [7, 11) is 5.03. The highest BCUT2D eigenvalue weighted by atomic mass is 35.5. The molecule has 5 nitrogen and oxygen atoms in total. The average molecular weight is 315 g/mol. The van der Waals surface area contributed by atoms with E-state index in [1.807, 2.05) is 18.2 Å². The predicted octanol–water partition coefficient (Wildman–Crippen LogP) is 1.69. The number of halogens is 1. The minimum atomic E-state index is 0.0674. The second kappa shape index (κ2) is 7.42. The summed E-state index contributed by atoms with van der Waals surface area (Å²) in [5.41, 5.74) is 7.06. The van der Waals surface area contributed by atoms with E-state index in [4.69, 9.17) is 31.5 Å². The van der Waals surface area contributed by atoms with Crippen molar-refractivity contribution in [3.8, 4) is 5.75 Å². The Morgan fingerprint density at radius 3 is 2.29 bits per heavy atom. The largest absolute Gasteiger partial charge is 0.495 e. The van der Waals surface area contributed by atoms with Crippen molar-refractivity contribution in [2.24, 2.45) is 5.73 Å². The molecule has 0 aromatic heterocycles. The van der Waals surface area contributed by atoms with E-state index in [-0.39, 0.29) is 18.2 Å². The summed E-state index contributed by atoms with van der Waals surface area (Å²) in [4.78, 5) is 2.28. The molecule has 0 amide bonds. The first kappa shape index (κ1) is 16.5. The van der Waals surface area contributed by atoms with Crippen LogP contribution in [0.1, 0.15) is 11.6 Å². The Balaban J connectivity index is 2.18. The van der Waals surface area contributed by atoms with E-state index in [9.17, 15) is 0 Å². The standard InChI is InChI=1S/C15H23ClN2O3/c1-19-13-5-4-10(6-11(13)16)12(7-17)18-8-14(20-2)15(9-18)21-3/h4-6,12,14-15H,7-9,17H2,1-3H3. The lowest BCUT2D eigenvalue weighted by Gasteiger charge is -2.27. The molecule has 0 bridgehead atoms. The average Bonchev–Trinajstić information content (AvgIpc) is 2.91. The molecule has 1 aromatic rings. The molecule has 1 aromatic carbocycles. The molecule has 1 heterocycles. The molecule has 0 saturated carbocycles. The Bertz CT molecular complexity index is 460. The maximum absolute atomic E-state index is 6.22. The Morgan fingerprint density at radius 1 is 1.24 bits per heavy atom. The summed E-state index contributed by atoms with van der Waals surface area (Å²) in [5.74, 6) is 0.669. The van der Waals surface area contributed by atoms with E-state index in [0.29, 0.717) is 17.3 Å². The molecule has 0 radical (unpaired) electrons. The number of likely N-dealkylation sites (tertiary alicyclic amines) is 1. The number of rotatable bonds is 6. The van der Waals surface area contributed by atoms with Gasteiger partial charge in [0.05, 0.1) is 24.3 Å². The number of nitrogens with two attached hydrogens (primary N) is 1. The van der Waals surface area contributed by atoms with Crippen molar-refractivity contribution in [3.05, 3.63) is 28.8 Å². The van der Waals surface area contributed by atoms with Crippen molar-refractivity contribution < 1.29 is 14.2 Å². The van der Waals surface area contributed by atoms with Gasteiger partial charge in [-0.15, -0.1) is 0 Å². The van der Waals surface area contributed by atoms with Gasteiger partial charge in [0.1, 0.15) is 5.75 Å². The molecule has 6 heteroatoms. The molecule has 1 aliphatic rings. The molecule has 1 aliphatic heterocycles. The molecule has 118 valence electrons. The Kier molecular flexibility index (Phi) is 5.84. The van der Waals surface area contributed by atoms with Crippen molar-refractivity contribution in [2.45, 2.75) is 18.2 Å².